The van der Waals surface area contributed by atoms with Crippen LogP contribution in [-0.2, 0) is 19.7 Å². The molecule has 0 bridgehead atoms. The van der Waals surface area contributed by atoms with Gasteiger partial charge in [-0.1, -0.05) is 0 Å². The van der Waals surface area contributed by atoms with Crippen LogP contribution in [0.15, 0.2) is 6.20 Å². The van der Waals surface area contributed by atoms with Gasteiger partial charge >= 0.3 is 0 Å². The molecule has 9 nitrogen and oxygen atoms in total. The normalized spacial score (nSPS) is 27.9. The van der Waals surface area contributed by atoms with Crippen molar-refractivity contribution < 1.29 is 16.8 Å². The van der Waals surface area contributed by atoms with Crippen LogP contribution in [0.25, 0.3) is 0 Å². The molecular weight excluding hydrogens is 354 g/mol. The Bertz CT molecular complexity index is 761. The summed E-state index contributed by atoms with van der Waals surface area (Å²) in [4.78, 5) is 7.99. The van der Waals surface area contributed by atoms with E-state index in [0.29, 0.717) is 24.6 Å². The zero-order chi connectivity index (χ0) is 17.5. The maximum Gasteiger partial charge on any atom is 0.247 e. The molecule has 2 fully saturated rings. The highest BCUT2D eigenvalue weighted by molar-refractivity contribution is 7.91. The Labute approximate surface area is 141 Å². The van der Waals surface area contributed by atoms with Crippen molar-refractivity contribution in [3.63, 3.8) is 0 Å². The van der Waals surface area contributed by atoms with Crippen molar-refractivity contribution in [3.05, 3.63) is 6.20 Å². The first kappa shape index (κ1) is 17.3. The molecule has 3 heterocycles. The fourth-order valence-electron chi connectivity index (χ4n) is 3.12. The summed E-state index contributed by atoms with van der Waals surface area (Å²) in [5.41, 5.74) is 0. The molecule has 24 heavy (non-hydrogen) atoms. The van der Waals surface area contributed by atoms with Gasteiger partial charge in [0.05, 0.1) is 29.2 Å². The molecule has 2 saturated heterocycles. The monoisotopic (exact) mass is 375 g/mol. The summed E-state index contributed by atoms with van der Waals surface area (Å²) >= 11 is 0. The highest BCUT2D eigenvalue weighted by Crippen LogP contribution is 2.24. The predicted octanol–water partition coefficient (Wildman–Crippen LogP) is -0.882. The van der Waals surface area contributed by atoms with E-state index < -0.39 is 19.7 Å². The summed E-state index contributed by atoms with van der Waals surface area (Å²) < 4.78 is 46.6. The second kappa shape index (κ2) is 6.10. The Morgan fingerprint density at radius 1 is 0.958 bits per heavy atom. The first-order valence-electron chi connectivity index (χ1n) is 7.73. The Morgan fingerprint density at radius 3 is 2.00 bits per heavy atom. The van der Waals surface area contributed by atoms with E-state index in [1.165, 1.54) is 6.20 Å². The summed E-state index contributed by atoms with van der Waals surface area (Å²) in [6, 6.07) is -0.291. The van der Waals surface area contributed by atoms with Gasteiger partial charge in [-0.15, -0.1) is 5.10 Å². The fraction of sp³-hybridized carbons (Fsp3) is 0.769. The lowest BCUT2D eigenvalue weighted by molar-refractivity contribution is 0.599. The molecule has 0 amide bonds. The number of hydrogen-bond donors (Lipinski definition) is 0. The average Bonchev–Trinajstić information content (AvgIpc) is 3.07. The van der Waals surface area contributed by atoms with E-state index in [-0.39, 0.29) is 35.1 Å². The van der Waals surface area contributed by atoms with Crippen LogP contribution < -0.4 is 9.80 Å². The van der Waals surface area contributed by atoms with Gasteiger partial charge in [-0.25, -0.2) is 16.8 Å². The van der Waals surface area contributed by atoms with Gasteiger partial charge in [-0.2, -0.15) is 10.1 Å². The molecule has 134 valence electrons. The van der Waals surface area contributed by atoms with E-state index in [2.05, 4.69) is 15.2 Å². The molecule has 2 unspecified atom stereocenters. The molecule has 2 aliphatic heterocycles. The standard InChI is InChI=1S/C13H21N5O4S2/c1-17(10-3-5-23(19,20)8-10)12-7-14-16-13(15-12)18(2)11-4-6-24(21,22)9-11/h7,10-11H,3-6,8-9H2,1-2H3. The van der Waals surface area contributed by atoms with Crippen molar-refractivity contribution in [2.75, 3.05) is 46.9 Å². The van der Waals surface area contributed by atoms with Crippen LogP contribution in [0.1, 0.15) is 12.8 Å². The molecule has 1 aromatic rings. The van der Waals surface area contributed by atoms with Crippen molar-refractivity contribution >= 4 is 31.4 Å². The molecule has 3 rings (SSSR count). The lowest BCUT2D eigenvalue weighted by atomic mass is 10.2. The van der Waals surface area contributed by atoms with E-state index in [4.69, 9.17) is 0 Å². The molecule has 0 N–H and O–H groups in total. The summed E-state index contributed by atoms with van der Waals surface area (Å²) in [5.74, 6) is 1.45. The number of sulfone groups is 2. The minimum absolute atomic E-state index is 0.0911. The van der Waals surface area contributed by atoms with E-state index in [1.54, 1.807) is 19.0 Å². The molecule has 2 aliphatic rings. The maximum atomic E-state index is 11.6. The third-order valence-electron chi connectivity index (χ3n) is 4.72. The van der Waals surface area contributed by atoms with Crippen LogP contribution in [0.2, 0.25) is 0 Å². The van der Waals surface area contributed by atoms with Gasteiger partial charge < -0.3 is 9.80 Å². The highest BCUT2D eigenvalue weighted by Gasteiger charge is 2.33. The van der Waals surface area contributed by atoms with Crippen molar-refractivity contribution in [3.8, 4) is 0 Å². The molecule has 0 saturated carbocycles. The van der Waals surface area contributed by atoms with E-state index in [1.807, 2.05) is 4.90 Å². The van der Waals surface area contributed by atoms with Crippen LogP contribution in [0.5, 0.6) is 0 Å². The Kier molecular flexibility index (Phi) is 4.41. The molecule has 0 aromatic carbocycles. The summed E-state index contributed by atoms with van der Waals surface area (Å²) in [5, 5.41) is 7.94. The number of hydrogen-bond acceptors (Lipinski definition) is 9. The van der Waals surface area contributed by atoms with Crippen LogP contribution in [0.4, 0.5) is 11.8 Å². The summed E-state index contributed by atoms with van der Waals surface area (Å²) in [6.07, 6.45) is 2.60. The minimum Gasteiger partial charge on any atom is -0.354 e. The molecule has 11 heteroatoms. The number of aromatic nitrogens is 3. The van der Waals surface area contributed by atoms with Gasteiger partial charge in [-0.05, 0) is 12.8 Å². The lowest BCUT2D eigenvalue weighted by Gasteiger charge is -2.27. The molecule has 2 atom stereocenters. The number of anilines is 2. The molecule has 1 aromatic heterocycles. The third kappa shape index (κ3) is 3.61. The zero-order valence-electron chi connectivity index (χ0n) is 13.7. The van der Waals surface area contributed by atoms with E-state index in [9.17, 15) is 16.8 Å². The van der Waals surface area contributed by atoms with Crippen molar-refractivity contribution in [1.82, 2.24) is 15.2 Å². The molecule has 0 spiro atoms. The molecular formula is C13H21N5O4S2. The van der Waals surface area contributed by atoms with Gasteiger partial charge in [0.2, 0.25) is 5.95 Å². The highest BCUT2D eigenvalue weighted by atomic mass is 32.2. The summed E-state index contributed by atoms with van der Waals surface area (Å²) in [7, 11) is -2.43. The first-order valence-corrected chi connectivity index (χ1v) is 11.4. The fourth-order valence-corrected chi connectivity index (χ4v) is 6.67. The van der Waals surface area contributed by atoms with E-state index >= 15 is 0 Å². The number of nitrogens with zero attached hydrogens (tertiary/aromatic N) is 5. The summed E-state index contributed by atoms with van der Waals surface area (Å²) in [6.45, 7) is 0. The Morgan fingerprint density at radius 2 is 1.50 bits per heavy atom. The zero-order valence-corrected chi connectivity index (χ0v) is 15.3. The van der Waals surface area contributed by atoms with Gasteiger partial charge in [0.15, 0.2) is 25.5 Å². The van der Waals surface area contributed by atoms with Crippen molar-refractivity contribution in [2.45, 2.75) is 24.9 Å². The van der Waals surface area contributed by atoms with Gasteiger partial charge in [-0.3, -0.25) is 0 Å². The minimum atomic E-state index is -3.00. The second-order valence-corrected chi connectivity index (χ2v) is 10.9. The predicted molar refractivity (Wildman–Crippen MR) is 90.8 cm³/mol. The number of rotatable bonds is 4. The van der Waals surface area contributed by atoms with Crippen LogP contribution in [0.3, 0.4) is 0 Å². The molecule has 0 radical (unpaired) electrons. The largest absolute Gasteiger partial charge is 0.354 e. The Hall–Kier alpha value is -1.49. The third-order valence-corrected chi connectivity index (χ3v) is 8.22. The lowest BCUT2D eigenvalue weighted by Crippen LogP contribution is -2.36. The quantitative estimate of drug-likeness (QED) is 0.661. The van der Waals surface area contributed by atoms with Crippen LogP contribution >= 0.6 is 0 Å². The molecule has 0 aliphatic carbocycles. The van der Waals surface area contributed by atoms with Gasteiger partial charge in [0, 0.05) is 26.2 Å². The topological polar surface area (TPSA) is 113 Å². The van der Waals surface area contributed by atoms with Gasteiger partial charge in [0.1, 0.15) is 0 Å². The smallest absolute Gasteiger partial charge is 0.247 e. The van der Waals surface area contributed by atoms with Gasteiger partial charge in [0.25, 0.3) is 0 Å². The second-order valence-electron chi connectivity index (χ2n) is 6.45. The van der Waals surface area contributed by atoms with Crippen molar-refractivity contribution in [2.24, 2.45) is 0 Å². The Balaban J connectivity index is 1.77. The van der Waals surface area contributed by atoms with Crippen LogP contribution in [0, 0.1) is 0 Å². The van der Waals surface area contributed by atoms with Crippen LogP contribution in [-0.4, -0.2) is 81.2 Å². The first-order chi connectivity index (χ1) is 11.2. The van der Waals surface area contributed by atoms with Crippen molar-refractivity contribution in [1.29, 1.82) is 0 Å². The SMILES string of the molecule is CN(c1cnnc(N(C)C2CCS(=O)(=O)C2)n1)C1CCS(=O)(=O)C1. The maximum absolute atomic E-state index is 11.6. The average molecular weight is 375 g/mol. The van der Waals surface area contributed by atoms with E-state index in [0.717, 1.165) is 0 Å².